The number of urea groups is 1. The molecule has 0 spiro atoms. The van der Waals surface area contributed by atoms with E-state index in [9.17, 15) is 14.0 Å². The van der Waals surface area contributed by atoms with E-state index in [1.807, 2.05) is 0 Å². The SMILES string of the molecule is O=C(O)C1CCN(C(=O)NCC2CCN(c3ccc(F)cc3)C2)CC1. The second kappa shape index (κ2) is 7.72. The summed E-state index contributed by atoms with van der Waals surface area (Å²) in [5.41, 5.74) is 1.01. The molecule has 0 saturated carbocycles. The van der Waals surface area contributed by atoms with Crippen molar-refractivity contribution < 1.29 is 19.1 Å². The van der Waals surface area contributed by atoms with Crippen LogP contribution in [0.25, 0.3) is 0 Å². The van der Waals surface area contributed by atoms with Gasteiger partial charge in [0.25, 0.3) is 0 Å². The first-order valence-corrected chi connectivity index (χ1v) is 8.79. The molecule has 6 nitrogen and oxygen atoms in total. The molecule has 2 amide bonds. The minimum Gasteiger partial charge on any atom is -0.481 e. The van der Waals surface area contributed by atoms with Crippen LogP contribution < -0.4 is 10.2 Å². The van der Waals surface area contributed by atoms with Gasteiger partial charge in [0.15, 0.2) is 0 Å². The van der Waals surface area contributed by atoms with Crippen LogP contribution in [0.2, 0.25) is 0 Å². The van der Waals surface area contributed by atoms with Gasteiger partial charge in [-0.25, -0.2) is 9.18 Å². The third-order valence-electron chi connectivity index (χ3n) is 5.15. The maximum atomic E-state index is 13.0. The van der Waals surface area contributed by atoms with Crippen molar-refractivity contribution in [2.45, 2.75) is 19.3 Å². The number of nitrogens with one attached hydrogen (secondary N) is 1. The van der Waals surface area contributed by atoms with Gasteiger partial charge >= 0.3 is 12.0 Å². The van der Waals surface area contributed by atoms with Gasteiger partial charge in [-0.3, -0.25) is 4.79 Å². The summed E-state index contributed by atoms with van der Waals surface area (Å²) in [5, 5.41) is 12.0. The highest BCUT2D eigenvalue weighted by molar-refractivity contribution is 5.75. The van der Waals surface area contributed by atoms with Crippen molar-refractivity contribution in [1.82, 2.24) is 10.2 Å². The molecule has 0 radical (unpaired) electrons. The molecule has 0 bridgehead atoms. The fourth-order valence-electron chi connectivity index (χ4n) is 3.56. The Labute approximate surface area is 146 Å². The number of rotatable bonds is 4. The van der Waals surface area contributed by atoms with Crippen LogP contribution in [0.4, 0.5) is 14.9 Å². The third kappa shape index (κ3) is 4.41. The molecule has 1 unspecified atom stereocenters. The van der Waals surface area contributed by atoms with Gasteiger partial charge in [0.1, 0.15) is 5.82 Å². The third-order valence-corrected chi connectivity index (χ3v) is 5.15. The topological polar surface area (TPSA) is 72.9 Å². The lowest BCUT2D eigenvalue weighted by molar-refractivity contribution is -0.143. The van der Waals surface area contributed by atoms with E-state index < -0.39 is 5.97 Å². The maximum Gasteiger partial charge on any atom is 0.317 e. The quantitative estimate of drug-likeness (QED) is 0.874. The van der Waals surface area contributed by atoms with Crippen LogP contribution in [0.1, 0.15) is 19.3 Å². The van der Waals surface area contributed by atoms with E-state index >= 15 is 0 Å². The van der Waals surface area contributed by atoms with Crippen molar-refractivity contribution in [2.75, 3.05) is 37.6 Å². The number of hydrogen-bond donors (Lipinski definition) is 2. The Morgan fingerprint density at radius 1 is 1.12 bits per heavy atom. The van der Waals surface area contributed by atoms with Crippen molar-refractivity contribution in [1.29, 1.82) is 0 Å². The van der Waals surface area contributed by atoms with Crippen molar-refractivity contribution >= 4 is 17.7 Å². The summed E-state index contributed by atoms with van der Waals surface area (Å²) in [5.74, 6) is -0.973. The number of likely N-dealkylation sites (tertiary alicyclic amines) is 1. The first-order valence-electron chi connectivity index (χ1n) is 8.79. The molecule has 136 valence electrons. The molecule has 2 fully saturated rings. The molecule has 7 heteroatoms. The van der Waals surface area contributed by atoms with E-state index in [0.717, 1.165) is 25.2 Å². The molecule has 25 heavy (non-hydrogen) atoms. The number of nitrogens with zero attached hydrogens (tertiary/aromatic N) is 2. The molecular weight excluding hydrogens is 325 g/mol. The number of halogens is 1. The molecule has 2 heterocycles. The number of aliphatic carboxylic acids is 1. The Morgan fingerprint density at radius 2 is 1.80 bits per heavy atom. The van der Waals surface area contributed by atoms with Crippen LogP contribution >= 0.6 is 0 Å². The van der Waals surface area contributed by atoms with Crippen molar-refractivity contribution in [3.05, 3.63) is 30.1 Å². The minimum absolute atomic E-state index is 0.107. The van der Waals surface area contributed by atoms with Gasteiger partial charge in [0.2, 0.25) is 0 Å². The van der Waals surface area contributed by atoms with E-state index in [1.54, 1.807) is 17.0 Å². The number of amides is 2. The normalized spacial score (nSPS) is 21.4. The number of carboxylic acids is 1. The monoisotopic (exact) mass is 349 g/mol. The highest BCUT2D eigenvalue weighted by Crippen LogP contribution is 2.24. The second-order valence-electron chi connectivity index (χ2n) is 6.86. The molecule has 2 aliphatic heterocycles. The highest BCUT2D eigenvalue weighted by Gasteiger charge is 2.28. The fraction of sp³-hybridized carbons (Fsp3) is 0.556. The molecule has 0 aromatic heterocycles. The smallest absolute Gasteiger partial charge is 0.317 e. The number of anilines is 1. The molecule has 0 aliphatic carbocycles. The van der Waals surface area contributed by atoms with Gasteiger partial charge in [0, 0.05) is 38.4 Å². The summed E-state index contributed by atoms with van der Waals surface area (Å²) in [7, 11) is 0. The van der Waals surface area contributed by atoms with Crippen molar-refractivity contribution in [2.24, 2.45) is 11.8 Å². The Bertz CT molecular complexity index is 614. The van der Waals surface area contributed by atoms with Crippen LogP contribution in [0.3, 0.4) is 0 Å². The van der Waals surface area contributed by atoms with Crippen LogP contribution in [-0.2, 0) is 4.79 Å². The van der Waals surface area contributed by atoms with Gasteiger partial charge in [-0.15, -0.1) is 0 Å². The van der Waals surface area contributed by atoms with Crippen molar-refractivity contribution in [3.63, 3.8) is 0 Å². The fourth-order valence-corrected chi connectivity index (χ4v) is 3.56. The molecule has 2 saturated heterocycles. The molecule has 1 atom stereocenters. The predicted octanol–water partition coefficient (Wildman–Crippen LogP) is 2.16. The summed E-state index contributed by atoms with van der Waals surface area (Å²) in [6, 6.07) is 6.38. The van der Waals surface area contributed by atoms with Gasteiger partial charge in [-0.05, 0) is 49.4 Å². The summed E-state index contributed by atoms with van der Waals surface area (Å²) < 4.78 is 13.0. The van der Waals surface area contributed by atoms with E-state index in [1.165, 1.54) is 12.1 Å². The van der Waals surface area contributed by atoms with Crippen LogP contribution in [0.15, 0.2) is 24.3 Å². The zero-order valence-electron chi connectivity index (χ0n) is 14.2. The summed E-state index contributed by atoms with van der Waals surface area (Å²) in [6.45, 7) is 3.34. The van der Waals surface area contributed by atoms with Gasteiger partial charge in [0.05, 0.1) is 5.92 Å². The van der Waals surface area contributed by atoms with Crippen LogP contribution in [-0.4, -0.2) is 54.7 Å². The number of hydrogen-bond acceptors (Lipinski definition) is 3. The summed E-state index contributed by atoms with van der Waals surface area (Å²) in [6.07, 6.45) is 2.02. The van der Waals surface area contributed by atoms with E-state index in [0.29, 0.717) is 38.4 Å². The zero-order chi connectivity index (χ0) is 17.8. The standard InChI is InChI=1S/C18H24FN3O3/c19-15-1-3-16(4-2-15)22-8-5-13(12-22)11-20-18(25)21-9-6-14(7-10-21)17(23)24/h1-4,13-14H,5-12H2,(H,20,25)(H,23,24). The average Bonchev–Trinajstić information content (AvgIpc) is 3.09. The first kappa shape index (κ1) is 17.5. The Morgan fingerprint density at radius 3 is 2.44 bits per heavy atom. The van der Waals surface area contributed by atoms with E-state index in [4.69, 9.17) is 5.11 Å². The minimum atomic E-state index is -0.771. The Kier molecular flexibility index (Phi) is 5.40. The average molecular weight is 349 g/mol. The number of benzene rings is 1. The maximum absolute atomic E-state index is 13.0. The van der Waals surface area contributed by atoms with Gasteiger partial charge in [-0.2, -0.15) is 0 Å². The van der Waals surface area contributed by atoms with Gasteiger partial charge in [-0.1, -0.05) is 0 Å². The van der Waals surface area contributed by atoms with Gasteiger partial charge < -0.3 is 20.2 Å². The van der Waals surface area contributed by atoms with E-state index in [2.05, 4.69) is 10.2 Å². The Balaban J connectivity index is 1.41. The number of carbonyl (C=O) groups excluding carboxylic acids is 1. The van der Waals surface area contributed by atoms with E-state index in [-0.39, 0.29) is 17.8 Å². The summed E-state index contributed by atoms with van der Waals surface area (Å²) in [4.78, 5) is 27.1. The predicted molar refractivity (Wildman–Crippen MR) is 92.1 cm³/mol. The number of piperidine rings is 1. The molecule has 2 aliphatic rings. The molecule has 1 aromatic carbocycles. The highest BCUT2D eigenvalue weighted by atomic mass is 19.1. The number of carbonyl (C=O) groups is 2. The number of carboxylic acid groups (broad SMARTS) is 1. The molecule has 1 aromatic rings. The Hall–Kier alpha value is -2.31. The lowest BCUT2D eigenvalue weighted by Gasteiger charge is -2.30. The van der Waals surface area contributed by atoms with Crippen molar-refractivity contribution in [3.8, 4) is 0 Å². The first-order chi connectivity index (χ1) is 12.0. The summed E-state index contributed by atoms with van der Waals surface area (Å²) >= 11 is 0. The largest absolute Gasteiger partial charge is 0.481 e. The lowest BCUT2D eigenvalue weighted by Crippen LogP contribution is -2.46. The lowest BCUT2D eigenvalue weighted by atomic mass is 9.97. The molecule has 3 rings (SSSR count). The molecular formula is C18H24FN3O3. The molecule has 2 N–H and O–H groups in total. The zero-order valence-corrected chi connectivity index (χ0v) is 14.2. The van der Waals surface area contributed by atoms with Crippen LogP contribution in [0.5, 0.6) is 0 Å². The second-order valence-corrected chi connectivity index (χ2v) is 6.86. The van der Waals surface area contributed by atoms with Crippen LogP contribution in [0, 0.1) is 17.7 Å².